The van der Waals surface area contributed by atoms with Gasteiger partial charge in [0.05, 0.1) is 18.3 Å². The highest BCUT2D eigenvalue weighted by Crippen LogP contribution is 2.37. The van der Waals surface area contributed by atoms with E-state index in [1.165, 1.54) is 0 Å². The Balaban J connectivity index is 1.79. The summed E-state index contributed by atoms with van der Waals surface area (Å²) in [5, 5.41) is 11.0. The minimum atomic E-state index is -0.813. The maximum absolute atomic E-state index is 11.4. The molecule has 0 amide bonds. The van der Waals surface area contributed by atoms with Crippen molar-refractivity contribution in [2.45, 2.75) is 48.2 Å². The second kappa shape index (κ2) is 7.09. The van der Waals surface area contributed by atoms with Crippen molar-refractivity contribution in [2.75, 3.05) is 6.61 Å². The zero-order valence-electron chi connectivity index (χ0n) is 14.0. The highest BCUT2D eigenvalue weighted by Gasteiger charge is 2.35. The second-order valence-corrected chi connectivity index (χ2v) is 7.52. The van der Waals surface area contributed by atoms with Gasteiger partial charge in [0.25, 0.3) is 0 Å². The van der Waals surface area contributed by atoms with Crippen LogP contribution in [0.5, 0.6) is 0 Å². The third kappa shape index (κ3) is 3.89. The van der Waals surface area contributed by atoms with Gasteiger partial charge in [-0.25, -0.2) is 0 Å². The van der Waals surface area contributed by atoms with Crippen molar-refractivity contribution < 1.29 is 14.6 Å². The molecule has 3 rings (SSSR count). The van der Waals surface area contributed by atoms with Gasteiger partial charge in [-0.1, -0.05) is 36.0 Å². The maximum Gasteiger partial charge on any atom is 0.159 e. The Hall–Kier alpha value is -1.62. The molecule has 0 radical (unpaired) electrons. The molecule has 126 valence electrons. The first kappa shape index (κ1) is 17.2. The van der Waals surface area contributed by atoms with E-state index in [4.69, 9.17) is 4.74 Å². The zero-order chi connectivity index (χ0) is 17.2. The molecule has 24 heavy (non-hydrogen) atoms. The largest absolute Gasteiger partial charge is 0.385 e. The lowest BCUT2D eigenvalue weighted by Crippen LogP contribution is -2.37. The number of ketones is 1. The minimum absolute atomic E-state index is 0.0687. The van der Waals surface area contributed by atoms with Crippen LogP contribution in [0.15, 0.2) is 58.3 Å². The highest BCUT2D eigenvalue weighted by molar-refractivity contribution is 7.99. The Kier molecular flexibility index (Phi) is 5.09. The summed E-state index contributed by atoms with van der Waals surface area (Å²) < 4.78 is 5.56. The molecule has 0 aliphatic carbocycles. The summed E-state index contributed by atoms with van der Waals surface area (Å²) in [4.78, 5) is 13.5. The Morgan fingerprint density at radius 2 is 1.96 bits per heavy atom. The summed E-state index contributed by atoms with van der Waals surface area (Å²) in [6, 6.07) is 15.7. The number of hydrogen-bond donors (Lipinski definition) is 1. The Morgan fingerprint density at radius 3 is 2.62 bits per heavy atom. The summed E-state index contributed by atoms with van der Waals surface area (Å²) >= 11 is 1.63. The first-order valence-corrected chi connectivity index (χ1v) is 9.01. The summed E-state index contributed by atoms with van der Waals surface area (Å²) in [5.41, 5.74) is 0.855. The molecule has 2 aromatic rings. The lowest BCUT2D eigenvalue weighted by molar-refractivity contribution is -0.101. The maximum atomic E-state index is 11.4. The molecule has 0 saturated carbocycles. The van der Waals surface area contributed by atoms with Gasteiger partial charge >= 0.3 is 0 Å². The summed E-state index contributed by atoms with van der Waals surface area (Å²) in [6.45, 7) is 4.15. The predicted molar refractivity (Wildman–Crippen MR) is 95.6 cm³/mol. The number of carbonyl (C=O) groups excluding carboxylic acids is 1. The fraction of sp³-hybridized carbons (Fsp3) is 0.350. The van der Waals surface area contributed by atoms with Crippen molar-refractivity contribution in [3.05, 3.63) is 59.7 Å². The number of hydrogen-bond acceptors (Lipinski definition) is 4. The van der Waals surface area contributed by atoms with Crippen molar-refractivity contribution in [2.24, 2.45) is 0 Å². The molecule has 0 spiro atoms. The Morgan fingerprint density at radius 1 is 1.21 bits per heavy atom. The average molecular weight is 342 g/mol. The van der Waals surface area contributed by atoms with Gasteiger partial charge in [-0.2, -0.15) is 0 Å². The second-order valence-electron chi connectivity index (χ2n) is 6.38. The van der Waals surface area contributed by atoms with Gasteiger partial charge in [0.2, 0.25) is 0 Å². The molecule has 0 aromatic heterocycles. The lowest BCUT2D eigenvalue weighted by Gasteiger charge is -2.36. The topological polar surface area (TPSA) is 46.5 Å². The molecule has 1 fully saturated rings. The number of Topliss-reactive ketones (excluding diaryl/α,β-unsaturated/α-hetero) is 1. The molecular weight excluding hydrogens is 320 g/mol. The van der Waals surface area contributed by atoms with Crippen molar-refractivity contribution in [3.8, 4) is 0 Å². The third-order valence-corrected chi connectivity index (χ3v) is 5.41. The van der Waals surface area contributed by atoms with Crippen LogP contribution in [-0.4, -0.2) is 23.6 Å². The Bertz CT molecular complexity index is 726. The van der Waals surface area contributed by atoms with Crippen molar-refractivity contribution >= 4 is 17.5 Å². The van der Waals surface area contributed by atoms with Crippen LogP contribution in [0.25, 0.3) is 0 Å². The first-order valence-electron chi connectivity index (χ1n) is 8.20. The van der Waals surface area contributed by atoms with Crippen molar-refractivity contribution in [1.29, 1.82) is 0 Å². The van der Waals surface area contributed by atoms with Gasteiger partial charge in [-0.15, -0.1) is 0 Å². The van der Waals surface area contributed by atoms with E-state index in [0.29, 0.717) is 19.4 Å². The Labute approximate surface area is 147 Å². The van der Waals surface area contributed by atoms with Crippen LogP contribution in [0.1, 0.15) is 42.6 Å². The fourth-order valence-electron chi connectivity index (χ4n) is 3.07. The minimum Gasteiger partial charge on any atom is -0.385 e. The summed E-state index contributed by atoms with van der Waals surface area (Å²) in [5.74, 6) is 0.0735. The summed E-state index contributed by atoms with van der Waals surface area (Å²) in [7, 11) is 0. The molecule has 2 aromatic carbocycles. The van der Waals surface area contributed by atoms with Gasteiger partial charge in [0, 0.05) is 28.2 Å². The van der Waals surface area contributed by atoms with Gasteiger partial charge in [0.15, 0.2) is 5.78 Å². The predicted octanol–water partition coefficient (Wildman–Crippen LogP) is 4.43. The van der Waals surface area contributed by atoms with Crippen LogP contribution in [0.4, 0.5) is 0 Å². The van der Waals surface area contributed by atoms with E-state index in [9.17, 15) is 9.90 Å². The third-order valence-electron chi connectivity index (χ3n) is 4.41. The highest BCUT2D eigenvalue weighted by atomic mass is 32.2. The van der Waals surface area contributed by atoms with Crippen molar-refractivity contribution in [1.82, 2.24) is 0 Å². The molecule has 3 nitrogen and oxygen atoms in total. The van der Waals surface area contributed by atoms with E-state index in [1.54, 1.807) is 18.7 Å². The smallest absolute Gasteiger partial charge is 0.159 e. The van der Waals surface area contributed by atoms with Gasteiger partial charge < -0.3 is 9.84 Å². The molecule has 2 atom stereocenters. The average Bonchev–Trinajstić information content (AvgIpc) is 2.55. The van der Waals surface area contributed by atoms with E-state index in [1.807, 2.05) is 49.4 Å². The van der Waals surface area contributed by atoms with Gasteiger partial charge in [-0.3, -0.25) is 4.79 Å². The molecule has 1 heterocycles. The molecule has 1 N–H and O–H groups in total. The fourth-order valence-corrected chi connectivity index (χ4v) is 3.95. The molecule has 1 aliphatic rings. The lowest BCUT2D eigenvalue weighted by atomic mass is 9.84. The van der Waals surface area contributed by atoms with Crippen molar-refractivity contribution in [3.63, 3.8) is 0 Å². The standard InChI is InChI=1S/C20H22O3S/c1-14-13-20(22,10-11-23-14)17-4-3-5-19(12-17)24-18-8-6-16(7-9-18)15(2)21/h3-9,12,14,22H,10-11,13H2,1-2H3. The van der Waals surface area contributed by atoms with Crippen LogP contribution in [0.2, 0.25) is 0 Å². The normalized spacial score (nSPS) is 23.9. The van der Waals surface area contributed by atoms with Crippen LogP contribution in [0.3, 0.4) is 0 Å². The number of ether oxygens (including phenoxy) is 1. The number of aliphatic hydroxyl groups is 1. The van der Waals surface area contributed by atoms with Gasteiger partial charge in [0.1, 0.15) is 0 Å². The quantitative estimate of drug-likeness (QED) is 0.835. The van der Waals surface area contributed by atoms with Crippen LogP contribution >= 0.6 is 11.8 Å². The van der Waals surface area contributed by atoms with E-state index in [-0.39, 0.29) is 11.9 Å². The van der Waals surface area contributed by atoms with Crippen LogP contribution < -0.4 is 0 Å². The van der Waals surface area contributed by atoms with Crippen LogP contribution in [-0.2, 0) is 10.3 Å². The van der Waals surface area contributed by atoms with E-state index >= 15 is 0 Å². The van der Waals surface area contributed by atoms with E-state index < -0.39 is 5.60 Å². The molecule has 1 aliphatic heterocycles. The molecule has 2 unspecified atom stereocenters. The molecular formula is C20H22O3S. The van der Waals surface area contributed by atoms with Crippen LogP contribution in [0, 0.1) is 0 Å². The van der Waals surface area contributed by atoms with E-state index in [2.05, 4.69) is 6.07 Å². The number of carbonyl (C=O) groups is 1. The van der Waals surface area contributed by atoms with Gasteiger partial charge in [-0.05, 0) is 43.7 Å². The van der Waals surface area contributed by atoms with E-state index in [0.717, 1.165) is 20.9 Å². The number of benzene rings is 2. The molecule has 0 bridgehead atoms. The first-order chi connectivity index (χ1) is 11.5. The summed E-state index contributed by atoms with van der Waals surface area (Å²) in [6.07, 6.45) is 1.31. The molecule has 4 heteroatoms. The SMILES string of the molecule is CC(=O)c1ccc(Sc2cccc(C3(O)CCOC(C)C3)c2)cc1. The number of rotatable bonds is 4. The monoisotopic (exact) mass is 342 g/mol. The molecule has 1 saturated heterocycles. The zero-order valence-corrected chi connectivity index (χ0v) is 14.8.